The average Bonchev–Trinajstić information content (AvgIpc) is 2.51. The molecular formula is C20H18. The molecule has 0 amide bonds. The normalized spacial score (nSPS) is 11.9. The topological polar surface area (TPSA) is 0 Å². The zero-order chi connectivity index (χ0) is 14.3. The van der Waals surface area contributed by atoms with Gasteiger partial charge in [-0.25, -0.2) is 0 Å². The van der Waals surface area contributed by atoms with Crippen LogP contribution in [0.15, 0.2) is 30.2 Å². The summed E-state index contributed by atoms with van der Waals surface area (Å²) in [4.78, 5) is 0. The van der Waals surface area contributed by atoms with Gasteiger partial charge in [0.25, 0.3) is 0 Å². The second kappa shape index (κ2) is 4.69. The number of hydrogen-bond acceptors (Lipinski definition) is 0. The molecule has 0 unspecified atom stereocenters. The van der Waals surface area contributed by atoms with Crippen LogP contribution >= 0.6 is 0 Å². The Morgan fingerprint density at radius 2 is 1.55 bits per heavy atom. The lowest BCUT2D eigenvalue weighted by Gasteiger charge is -2.17. The summed E-state index contributed by atoms with van der Waals surface area (Å²) in [6, 6.07) is 4.60. The minimum atomic E-state index is 1.03. The van der Waals surface area contributed by atoms with Crippen molar-refractivity contribution in [1.29, 1.82) is 0 Å². The van der Waals surface area contributed by atoms with Crippen molar-refractivity contribution in [3.05, 3.63) is 63.6 Å². The Balaban J connectivity index is 2.50. The van der Waals surface area contributed by atoms with Crippen LogP contribution in [0.5, 0.6) is 0 Å². The Morgan fingerprint density at radius 3 is 2.05 bits per heavy atom. The molecule has 2 aromatic carbocycles. The number of rotatable bonds is 2. The molecule has 0 fully saturated rings. The van der Waals surface area contributed by atoms with Gasteiger partial charge in [0.15, 0.2) is 0 Å². The number of benzene rings is 2. The van der Waals surface area contributed by atoms with Gasteiger partial charge in [0.2, 0.25) is 0 Å². The lowest BCUT2D eigenvalue weighted by Crippen LogP contribution is -1.97. The molecule has 0 aliphatic heterocycles. The minimum Gasteiger partial charge on any atom is -0.0985 e. The third-order valence-corrected chi connectivity index (χ3v) is 4.30. The van der Waals surface area contributed by atoms with Crippen molar-refractivity contribution >= 4 is 29.0 Å². The van der Waals surface area contributed by atoms with Gasteiger partial charge in [-0.1, -0.05) is 37.1 Å². The molecule has 0 spiro atoms. The van der Waals surface area contributed by atoms with E-state index >= 15 is 0 Å². The lowest BCUT2D eigenvalue weighted by atomic mass is 9.87. The maximum absolute atomic E-state index is 3.95. The van der Waals surface area contributed by atoms with E-state index in [1.165, 1.54) is 44.2 Å². The van der Waals surface area contributed by atoms with Crippen LogP contribution in [0.1, 0.15) is 40.3 Å². The summed E-state index contributed by atoms with van der Waals surface area (Å²) in [5.41, 5.74) is 14.0. The highest BCUT2D eigenvalue weighted by molar-refractivity contribution is 5.97. The molecule has 0 aromatic heterocycles. The van der Waals surface area contributed by atoms with E-state index < -0.39 is 0 Å². The molecule has 0 atom stereocenters. The maximum Gasteiger partial charge on any atom is -0.00335 e. The number of hydrogen-bond donors (Lipinski definition) is 0. The Bertz CT molecular complexity index is 834. The van der Waals surface area contributed by atoms with Crippen LogP contribution < -0.4 is 0 Å². The largest absolute Gasteiger partial charge is 0.0985 e. The van der Waals surface area contributed by atoms with Gasteiger partial charge in [-0.15, -0.1) is 0 Å². The molecular weight excluding hydrogens is 240 g/mol. The first-order valence-electron chi connectivity index (χ1n) is 7.07. The van der Waals surface area contributed by atoms with E-state index in [0.717, 1.165) is 6.42 Å². The summed E-state index contributed by atoms with van der Waals surface area (Å²) >= 11 is 0. The van der Waals surface area contributed by atoms with Gasteiger partial charge >= 0.3 is 0 Å². The van der Waals surface area contributed by atoms with Crippen molar-refractivity contribution in [2.24, 2.45) is 0 Å². The van der Waals surface area contributed by atoms with Crippen LogP contribution in [-0.4, -0.2) is 0 Å². The first kappa shape index (κ1) is 12.8. The number of aryl methyl sites for hydroxylation is 3. The molecule has 0 bridgehead atoms. The Hall–Kier alpha value is -2.26. The smallest absolute Gasteiger partial charge is 0.00335 e. The van der Waals surface area contributed by atoms with Gasteiger partial charge in [0.05, 0.1) is 0 Å². The SMILES string of the molecule is C=Cc1cc2c(C)c3c(c(C)c2cc1CC)C=C=C=C3. The summed E-state index contributed by atoms with van der Waals surface area (Å²) in [7, 11) is 0. The van der Waals surface area contributed by atoms with Crippen molar-refractivity contribution in [1.82, 2.24) is 0 Å². The van der Waals surface area contributed by atoms with Crippen LogP contribution in [0.4, 0.5) is 0 Å². The second-order valence-corrected chi connectivity index (χ2v) is 5.31. The highest BCUT2D eigenvalue weighted by Crippen LogP contribution is 2.34. The van der Waals surface area contributed by atoms with Crippen molar-refractivity contribution < 1.29 is 0 Å². The van der Waals surface area contributed by atoms with Gasteiger partial charge in [0, 0.05) is 0 Å². The molecule has 0 heteroatoms. The lowest BCUT2D eigenvalue weighted by molar-refractivity contribution is 1.14. The van der Waals surface area contributed by atoms with Gasteiger partial charge in [-0.2, -0.15) is 0 Å². The molecule has 1 aliphatic carbocycles. The van der Waals surface area contributed by atoms with E-state index in [-0.39, 0.29) is 0 Å². The molecule has 0 nitrogen and oxygen atoms in total. The fraction of sp³-hybridized carbons (Fsp3) is 0.200. The third kappa shape index (κ3) is 1.71. The summed E-state index contributed by atoms with van der Waals surface area (Å²) in [5.74, 6) is 0. The summed E-state index contributed by atoms with van der Waals surface area (Å²) in [6.45, 7) is 10.5. The van der Waals surface area contributed by atoms with Gasteiger partial charge in [-0.05, 0) is 82.6 Å². The van der Waals surface area contributed by atoms with Crippen LogP contribution in [0, 0.1) is 13.8 Å². The second-order valence-electron chi connectivity index (χ2n) is 5.31. The molecule has 98 valence electrons. The van der Waals surface area contributed by atoms with Crippen molar-refractivity contribution in [3.63, 3.8) is 0 Å². The summed E-state index contributed by atoms with van der Waals surface area (Å²) in [6.07, 6.45) is 7.08. The Morgan fingerprint density at radius 1 is 1.00 bits per heavy atom. The molecule has 0 heterocycles. The third-order valence-electron chi connectivity index (χ3n) is 4.30. The highest BCUT2D eigenvalue weighted by atomic mass is 14.2. The van der Waals surface area contributed by atoms with Crippen LogP contribution in [-0.2, 0) is 6.42 Å². The molecule has 0 N–H and O–H groups in total. The average molecular weight is 258 g/mol. The molecule has 20 heavy (non-hydrogen) atoms. The molecule has 0 saturated heterocycles. The van der Waals surface area contributed by atoms with Gasteiger partial charge in [0.1, 0.15) is 0 Å². The van der Waals surface area contributed by atoms with Crippen molar-refractivity contribution in [2.45, 2.75) is 27.2 Å². The molecule has 2 aromatic rings. The predicted octanol–water partition coefficient (Wildman–Crippen LogP) is 5.46. The fourth-order valence-electron chi connectivity index (χ4n) is 3.07. The van der Waals surface area contributed by atoms with E-state index in [9.17, 15) is 0 Å². The quantitative estimate of drug-likeness (QED) is 0.536. The van der Waals surface area contributed by atoms with Crippen LogP contribution in [0.2, 0.25) is 0 Å². The maximum atomic E-state index is 3.95. The van der Waals surface area contributed by atoms with E-state index in [1.807, 2.05) is 18.2 Å². The van der Waals surface area contributed by atoms with E-state index in [1.54, 1.807) is 0 Å². The highest BCUT2D eigenvalue weighted by Gasteiger charge is 2.14. The van der Waals surface area contributed by atoms with Crippen molar-refractivity contribution in [2.75, 3.05) is 0 Å². The summed E-state index contributed by atoms with van der Waals surface area (Å²) < 4.78 is 0. The fourth-order valence-corrected chi connectivity index (χ4v) is 3.07. The zero-order valence-corrected chi connectivity index (χ0v) is 12.3. The number of fused-ring (bicyclic) bond motifs is 2. The van der Waals surface area contributed by atoms with Gasteiger partial charge < -0.3 is 0 Å². The predicted molar refractivity (Wildman–Crippen MR) is 88.8 cm³/mol. The monoisotopic (exact) mass is 258 g/mol. The Kier molecular flexibility index (Phi) is 2.99. The van der Waals surface area contributed by atoms with Crippen molar-refractivity contribution in [3.8, 4) is 0 Å². The van der Waals surface area contributed by atoms with E-state index in [0.29, 0.717) is 0 Å². The minimum absolute atomic E-state index is 1.03. The van der Waals surface area contributed by atoms with Crippen LogP contribution in [0.3, 0.4) is 0 Å². The molecule has 0 radical (unpaired) electrons. The van der Waals surface area contributed by atoms with Crippen LogP contribution in [0.25, 0.3) is 29.0 Å². The Labute approximate surface area is 120 Å². The molecule has 1 aliphatic rings. The summed E-state index contributed by atoms with van der Waals surface area (Å²) in [5, 5.41) is 2.67. The standard InChI is InChI=1S/C20H18/c1-5-15-11-19-13(3)17-9-7-8-10-18(17)14(4)20(19)12-16(15)6-2/h5,9-12H,1,6H2,2-4H3. The first-order chi connectivity index (χ1) is 9.67. The van der Waals surface area contributed by atoms with E-state index in [4.69, 9.17) is 0 Å². The molecule has 0 saturated carbocycles. The molecule has 3 rings (SSSR count). The zero-order valence-electron chi connectivity index (χ0n) is 12.3. The first-order valence-corrected chi connectivity index (χ1v) is 7.07. The van der Waals surface area contributed by atoms with E-state index in [2.05, 4.69) is 50.9 Å². The van der Waals surface area contributed by atoms with Gasteiger partial charge in [-0.3, -0.25) is 0 Å².